The molecule has 2 amide bonds. The maximum Gasteiger partial charge on any atom is 0.224 e. The van der Waals surface area contributed by atoms with Gasteiger partial charge in [0.25, 0.3) is 0 Å². The number of rotatable bonds is 9. The van der Waals surface area contributed by atoms with E-state index < -0.39 is 0 Å². The monoisotopic (exact) mass is 368 g/mol. The molecule has 0 atom stereocenters. The van der Waals surface area contributed by atoms with E-state index in [-0.39, 0.29) is 18.2 Å². The van der Waals surface area contributed by atoms with Crippen molar-refractivity contribution >= 4 is 17.5 Å². The molecule has 0 radical (unpaired) electrons. The summed E-state index contributed by atoms with van der Waals surface area (Å²) < 4.78 is 5.96. The summed E-state index contributed by atoms with van der Waals surface area (Å²) in [6.45, 7) is 4.66. The Hall–Kier alpha value is -2.82. The highest BCUT2D eigenvalue weighted by atomic mass is 16.5. The molecule has 2 rings (SSSR count). The number of benzene rings is 2. The lowest BCUT2D eigenvalue weighted by molar-refractivity contribution is -0.129. The fraction of sp³-hybridized carbons (Fsp3) is 0.364. The Bertz CT molecular complexity index is 746. The number of hydrogen-bond acceptors (Lipinski definition) is 3. The highest BCUT2D eigenvalue weighted by Gasteiger charge is 2.19. The summed E-state index contributed by atoms with van der Waals surface area (Å²) in [7, 11) is 1.81. The van der Waals surface area contributed by atoms with Crippen molar-refractivity contribution in [2.24, 2.45) is 0 Å². The van der Waals surface area contributed by atoms with Crippen LogP contribution >= 0.6 is 0 Å². The Labute approximate surface area is 161 Å². The third-order valence-electron chi connectivity index (χ3n) is 4.33. The summed E-state index contributed by atoms with van der Waals surface area (Å²) in [5.74, 6) is 1.20. The van der Waals surface area contributed by atoms with E-state index in [2.05, 4.69) is 6.92 Å². The van der Waals surface area contributed by atoms with Crippen molar-refractivity contribution in [3.63, 3.8) is 0 Å². The van der Waals surface area contributed by atoms with Crippen LogP contribution in [0.4, 0.5) is 5.69 Å². The number of carbonyl (C=O) groups is 2. The van der Waals surface area contributed by atoms with Gasteiger partial charge in [-0.15, -0.1) is 0 Å². The zero-order chi connectivity index (χ0) is 19.6. The van der Waals surface area contributed by atoms with Gasteiger partial charge in [0.15, 0.2) is 5.75 Å². The van der Waals surface area contributed by atoms with Gasteiger partial charge in [0.05, 0.1) is 5.69 Å². The van der Waals surface area contributed by atoms with Crippen LogP contribution in [-0.4, -0.2) is 36.9 Å². The van der Waals surface area contributed by atoms with Crippen molar-refractivity contribution in [3.05, 3.63) is 54.6 Å². The van der Waals surface area contributed by atoms with E-state index in [9.17, 15) is 9.59 Å². The van der Waals surface area contributed by atoms with Crippen molar-refractivity contribution < 1.29 is 14.3 Å². The van der Waals surface area contributed by atoms with Crippen LogP contribution in [0.1, 0.15) is 33.1 Å². The van der Waals surface area contributed by atoms with Gasteiger partial charge in [-0.3, -0.25) is 9.59 Å². The molecule has 0 aromatic heterocycles. The number of para-hydroxylation sites is 3. The van der Waals surface area contributed by atoms with Gasteiger partial charge in [0.2, 0.25) is 11.8 Å². The number of anilines is 1. The first-order valence-corrected chi connectivity index (χ1v) is 9.37. The van der Waals surface area contributed by atoms with Crippen LogP contribution in [0.2, 0.25) is 0 Å². The Balaban J connectivity index is 2.12. The van der Waals surface area contributed by atoms with E-state index in [0.717, 1.165) is 19.4 Å². The van der Waals surface area contributed by atoms with Crippen LogP contribution in [0.5, 0.6) is 11.5 Å². The average molecular weight is 368 g/mol. The largest absolute Gasteiger partial charge is 0.455 e. The lowest BCUT2D eigenvalue weighted by Gasteiger charge is -2.25. The number of nitrogens with zero attached hydrogens (tertiary/aromatic N) is 2. The summed E-state index contributed by atoms with van der Waals surface area (Å²) in [6.07, 6.45) is 2.30. The van der Waals surface area contributed by atoms with Crippen molar-refractivity contribution in [3.8, 4) is 11.5 Å². The summed E-state index contributed by atoms with van der Waals surface area (Å²) in [5.41, 5.74) is 0.665. The summed E-state index contributed by atoms with van der Waals surface area (Å²) in [5, 5.41) is 0. The van der Waals surface area contributed by atoms with Gasteiger partial charge in [-0.2, -0.15) is 0 Å². The van der Waals surface area contributed by atoms with E-state index in [1.807, 2.05) is 61.6 Å². The lowest BCUT2D eigenvalue weighted by Crippen LogP contribution is -2.35. The van der Waals surface area contributed by atoms with Gasteiger partial charge in [-0.05, 0) is 30.7 Å². The molecule has 0 spiro atoms. The lowest BCUT2D eigenvalue weighted by atomic mass is 10.2. The van der Waals surface area contributed by atoms with Crippen LogP contribution in [0.3, 0.4) is 0 Å². The summed E-state index contributed by atoms with van der Waals surface area (Å²) >= 11 is 0. The topological polar surface area (TPSA) is 49.9 Å². The molecule has 0 aliphatic carbocycles. The second-order valence-corrected chi connectivity index (χ2v) is 6.47. The van der Waals surface area contributed by atoms with E-state index >= 15 is 0 Å². The molecule has 2 aromatic rings. The van der Waals surface area contributed by atoms with E-state index in [1.54, 1.807) is 9.80 Å². The number of amides is 2. The number of unbranched alkanes of at least 4 members (excludes halogenated alkanes) is 1. The second kappa shape index (κ2) is 10.4. The van der Waals surface area contributed by atoms with Crippen LogP contribution in [0, 0.1) is 0 Å². The molecule has 0 aliphatic heterocycles. The first-order chi connectivity index (χ1) is 13.0. The molecule has 144 valence electrons. The normalized spacial score (nSPS) is 10.3. The second-order valence-electron chi connectivity index (χ2n) is 6.47. The minimum atomic E-state index is -0.122. The molecule has 0 aliphatic rings. The first kappa shape index (κ1) is 20.5. The predicted molar refractivity (Wildman–Crippen MR) is 108 cm³/mol. The van der Waals surface area contributed by atoms with E-state index in [4.69, 9.17) is 4.74 Å². The zero-order valence-electron chi connectivity index (χ0n) is 16.4. The molecule has 2 aromatic carbocycles. The Morgan fingerprint density at radius 2 is 1.63 bits per heavy atom. The number of ether oxygens (including phenoxy) is 1. The Kier molecular flexibility index (Phi) is 7.86. The van der Waals surface area contributed by atoms with Gasteiger partial charge in [0.1, 0.15) is 5.75 Å². The van der Waals surface area contributed by atoms with Crippen LogP contribution in [0.25, 0.3) is 0 Å². The molecular formula is C22H28N2O3. The van der Waals surface area contributed by atoms with Gasteiger partial charge >= 0.3 is 0 Å². The average Bonchev–Trinajstić information content (AvgIpc) is 2.67. The van der Waals surface area contributed by atoms with Crippen LogP contribution in [0.15, 0.2) is 54.6 Å². The molecule has 27 heavy (non-hydrogen) atoms. The van der Waals surface area contributed by atoms with Gasteiger partial charge in [-0.25, -0.2) is 0 Å². The van der Waals surface area contributed by atoms with E-state index in [1.165, 1.54) is 6.92 Å². The Morgan fingerprint density at radius 3 is 2.30 bits per heavy atom. The molecule has 0 heterocycles. The summed E-state index contributed by atoms with van der Waals surface area (Å²) in [4.78, 5) is 27.9. The minimum absolute atomic E-state index is 0.0381. The van der Waals surface area contributed by atoms with Crippen molar-refractivity contribution in [2.45, 2.75) is 33.1 Å². The fourth-order valence-electron chi connectivity index (χ4n) is 2.75. The third kappa shape index (κ3) is 6.13. The molecule has 0 saturated carbocycles. The first-order valence-electron chi connectivity index (χ1n) is 9.37. The molecule has 0 unspecified atom stereocenters. The van der Waals surface area contributed by atoms with Gasteiger partial charge in [-0.1, -0.05) is 43.7 Å². The quantitative estimate of drug-likeness (QED) is 0.656. The molecule has 0 N–H and O–H groups in total. The van der Waals surface area contributed by atoms with Crippen molar-refractivity contribution in [1.29, 1.82) is 0 Å². The van der Waals surface area contributed by atoms with Gasteiger partial charge in [0, 0.05) is 33.5 Å². The predicted octanol–water partition coefficient (Wildman–Crippen LogP) is 4.48. The molecule has 0 saturated heterocycles. The number of hydrogen-bond donors (Lipinski definition) is 0. The Morgan fingerprint density at radius 1 is 0.963 bits per heavy atom. The highest BCUT2D eigenvalue weighted by Crippen LogP contribution is 2.32. The third-order valence-corrected chi connectivity index (χ3v) is 4.33. The molecular weight excluding hydrogens is 340 g/mol. The van der Waals surface area contributed by atoms with Crippen molar-refractivity contribution in [1.82, 2.24) is 4.90 Å². The van der Waals surface area contributed by atoms with Crippen molar-refractivity contribution in [2.75, 3.05) is 25.0 Å². The number of carbonyl (C=O) groups excluding carboxylic acids is 2. The van der Waals surface area contributed by atoms with Crippen LogP contribution in [-0.2, 0) is 9.59 Å². The SMILES string of the molecule is CCCCN(C)C(=O)CCN(C(C)=O)c1ccccc1Oc1ccccc1. The molecule has 0 bridgehead atoms. The smallest absolute Gasteiger partial charge is 0.224 e. The maximum absolute atomic E-state index is 12.3. The van der Waals surface area contributed by atoms with Gasteiger partial charge < -0.3 is 14.5 Å². The zero-order valence-corrected chi connectivity index (χ0v) is 16.4. The van der Waals surface area contributed by atoms with Crippen LogP contribution < -0.4 is 9.64 Å². The van der Waals surface area contributed by atoms with E-state index in [0.29, 0.717) is 23.7 Å². The highest BCUT2D eigenvalue weighted by molar-refractivity contribution is 5.94. The standard InChI is InChI=1S/C22H28N2O3/c1-4-5-16-23(3)22(26)15-17-24(18(2)25)20-13-9-10-14-21(20)27-19-11-7-6-8-12-19/h6-14H,4-5,15-17H2,1-3H3. The maximum atomic E-state index is 12.3. The molecule has 5 heteroatoms. The fourth-order valence-corrected chi connectivity index (χ4v) is 2.75. The summed E-state index contributed by atoms with van der Waals surface area (Å²) in [6, 6.07) is 16.8. The molecule has 5 nitrogen and oxygen atoms in total. The minimum Gasteiger partial charge on any atom is -0.455 e. The molecule has 0 fully saturated rings.